The molecule has 1 aliphatic heterocycles. The molecule has 1 aromatic heterocycles. The van der Waals surface area contributed by atoms with Crippen molar-refractivity contribution in [1.29, 1.82) is 0 Å². The van der Waals surface area contributed by atoms with Gasteiger partial charge in [-0.05, 0) is 32.4 Å². The van der Waals surface area contributed by atoms with Gasteiger partial charge >= 0.3 is 0 Å². The van der Waals surface area contributed by atoms with Gasteiger partial charge in [0.1, 0.15) is 5.82 Å². The first kappa shape index (κ1) is 17.0. The van der Waals surface area contributed by atoms with Gasteiger partial charge in [0.25, 0.3) is 0 Å². The normalized spacial score (nSPS) is 15.9. The number of hydrogen-bond acceptors (Lipinski definition) is 6. The van der Waals surface area contributed by atoms with E-state index >= 15 is 0 Å². The molecule has 0 radical (unpaired) electrons. The molecule has 0 saturated carbocycles. The first-order valence-corrected chi connectivity index (χ1v) is 7.74. The third-order valence-corrected chi connectivity index (χ3v) is 3.26. The van der Waals surface area contributed by atoms with Crippen LogP contribution in [0.25, 0.3) is 0 Å². The third-order valence-electron chi connectivity index (χ3n) is 3.26. The van der Waals surface area contributed by atoms with Gasteiger partial charge in [0.05, 0.1) is 26.4 Å². The molecule has 1 saturated heterocycles. The molecule has 1 aromatic rings. The molecular formula is C16H26N2O4. The molecule has 124 valence electrons. The van der Waals surface area contributed by atoms with Crippen LogP contribution < -0.4 is 9.64 Å². The van der Waals surface area contributed by atoms with Crippen LogP contribution in [0.2, 0.25) is 0 Å². The lowest BCUT2D eigenvalue weighted by Gasteiger charge is -2.28. The van der Waals surface area contributed by atoms with E-state index in [1.807, 2.05) is 13.0 Å². The van der Waals surface area contributed by atoms with Gasteiger partial charge in [-0.3, -0.25) is 0 Å². The largest absolute Gasteiger partial charge is 0.478 e. The smallest absolute Gasteiger partial charge is 0.215 e. The number of anilines is 1. The number of morpholine rings is 1. The van der Waals surface area contributed by atoms with Crippen LogP contribution >= 0.6 is 0 Å². The van der Waals surface area contributed by atoms with Crippen molar-refractivity contribution in [3.05, 3.63) is 17.7 Å². The average Bonchev–Trinajstić information content (AvgIpc) is 2.46. The van der Waals surface area contributed by atoms with Gasteiger partial charge < -0.3 is 24.2 Å². The molecule has 0 atom stereocenters. The summed E-state index contributed by atoms with van der Waals surface area (Å²) in [7, 11) is 0. The Labute approximate surface area is 132 Å². The summed E-state index contributed by atoms with van der Waals surface area (Å²) in [6.07, 6.45) is 0.701. The molecule has 2 heterocycles. The molecular weight excluding hydrogens is 284 g/mol. The predicted octanol–water partition coefficient (Wildman–Crippen LogP) is 1.74. The van der Waals surface area contributed by atoms with E-state index in [1.54, 1.807) is 13.8 Å². The van der Waals surface area contributed by atoms with Gasteiger partial charge in [-0.15, -0.1) is 0 Å². The Morgan fingerprint density at radius 2 is 2.00 bits per heavy atom. The fourth-order valence-corrected chi connectivity index (χ4v) is 2.20. The highest BCUT2D eigenvalue weighted by Gasteiger charge is 2.14. The lowest BCUT2D eigenvalue weighted by Crippen LogP contribution is -2.36. The Morgan fingerprint density at radius 3 is 2.68 bits per heavy atom. The Bertz CT molecular complexity index is 468. The van der Waals surface area contributed by atoms with Gasteiger partial charge in [0.2, 0.25) is 5.88 Å². The highest BCUT2D eigenvalue weighted by molar-refractivity contribution is 5.44. The topological polar surface area (TPSA) is 64.0 Å². The van der Waals surface area contributed by atoms with Gasteiger partial charge in [-0.1, -0.05) is 0 Å². The van der Waals surface area contributed by atoms with E-state index < -0.39 is 5.79 Å². The standard InChI is InChI=1S/C16H26N2O4/c1-13-11-14(18-5-9-20-10-6-18)17-15(12-13)21-7-4-8-22-16(2,3)19/h11-12,19H,4-10H2,1-3H3. The second-order valence-electron chi connectivity index (χ2n) is 5.94. The zero-order valence-electron chi connectivity index (χ0n) is 13.7. The van der Waals surface area contributed by atoms with Crippen molar-refractivity contribution in [2.24, 2.45) is 0 Å². The average molecular weight is 310 g/mol. The Balaban J connectivity index is 1.84. The summed E-state index contributed by atoms with van der Waals surface area (Å²) in [4.78, 5) is 6.77. The quantitative estimate of drug-likeness (QED) is 0.611. The molecule has 1 fully saturated rings. The van der Waals surface area contributed by atoms with E-state index in [-0.39, 0.29) is 0 Å². The van der Waals surface area contributed by atoms with Gasteiger partial charge in [0, 0.05) is 25.6 Å². The number of ether oxygens (including phenoxy) is 3. The van der Waals surface area contributed by atoms with Crippen LogP contribution in [-0.4, -0.2) is 55.4 Å². The van der Waals surface area contributed by atoms with Crippen LogP contribution in [0.4, 0.5) is 5.82 Å². The van der Waals surface area contributed by atoms with E-state index in [0.717, 1.165) is 37.7 Å². The van der Waals surface area contributed by atoms with Crippen molar-refractivity contribution in [3.8, 4) is 5.88 Å². The molecule has 0 aliphatic carbocycles. The molecule has 0 amide bonds. The molecule has 2 rings (SSSR count). The van der Waals surface area contributed by atoms with Crippen LogP contribution in [0.1, 0.15) is 25.8 Å². The van der Waals surface area contributed by atoms with Crippen LogP contribution in [0, 0.1) is 6.92 Å². The SMILES string of the molecule is Cc1cc(OCCCOC(C)(C)O)nc(N2CCOCC2)c1. The van der Waals surface area contributed by atoms with E-state index in [4.69, 9.17) is 14.2 Å². The molecule has 1 aliphatic rings. The van der Waals surface area contributed by atoms with Gasteiger partial charge in [-0.2, -0.15) is 4.98 Å². The van der Waals surface area contributed by atoms with E-state index in [0.29, 0.717) is 25.5 Å². The molecule has 0 bridgehead atoms. The lowest BCUT2D eigenvalue weighted by molar-refractivity contribution is -0.176. The minimum Gasteiger partial charge on any atom is -0.478 e. The minimum atomic E-state index is -1.09. The molecule has 0 aromatic carbocycles. The van der Waals surface area contributed by atoms with E-state index in [9.17, 15) is 5.11 Å². The van der Waals surface area contributed by atoms with E-state index in [2.05, 4.69) is 16.0 Å². The summed E-state index contributed by atoms with van der Waals surface area (Å²) in [5.74, 6) is 0.473. The predicted molar refractivity (Wildman–Crippen MR) is 84.4 cm³/mol. The second-order valence-corrected chi connectivity index (χ2v) is 5.94. The first-order valence-electron chi connectivity index (χ1n) is 7.74. The number of rotatable bonds is 7. The summed E-state index contributed by atoms with van der Waals surface area (Å²) in [5, 5.41) is 9.46. The fraction of sp³-hybridized carbons (Fsp3) is 0.688. The zero-order valence-corrected chi connectivity index (χ0v) is 13.7. The molecule has 6 heteroatoms. The zero-order chi connectivity index (χ0) is 16.0. The van der Waals surface area contributed by atoms with Crippen LogP contribution in [0.5, 0.6) is 5.88 Å². The third kappa shape index (κ3) is 5.79. The number of pyridine rings is 1. The fourth-order valence-electron chi connectivity index (χ4n) is 2.20. The molecule has 22 heavy (non-hydrogen) atoms. The van der Waals surface area contributed by atoms with Crippen molar-refractivity contribution in [1.82, 2.24) is 4.98 Å². The van der Waals surface area contributed by atoms with Crippen LogP contribution in [0.3, 0.4) is 0 Å². The highest BCUT2D eigenvalue weighted by Crippen LogP contribution is 2.20. The van der Waals surface area contributed by atoms with Crippen molar-refractivity contribution in [2.75, 3.05) is 44.4 Å². The number of aromatic nitrogens is 1. The first-order chi connectivity index (χ1) is 10.4. The van der Waals surface area contributed by atoms with E-state index in [1.165, 1.54) is 0 Å². The number of nitrogens with zero attached hydrogens (tertiary/aromatic N) is 2. The molecule has 6 nitrogen and oxygen atoms in total. The summed E-state index contributed by atoms with van der Waals surface area (Å²) in [5.41, 5.74) is 1.12. The van der Waals surface area contributed by atoms with Crippen molar-refractivity contribution in [2.45, 2.75) is 33.0 Å². The van der Waals surface area contributed by atoms with Crippen molar-refractivity contribution >= 4 is 5.82 Å². The molecule has 1 N–H and O–H groups in total. The van der Waals surface area contributed by atoms with Gasteiger partial charge in [0.15, 0.2) is 5.79 Å². The molecule has 0 unspecified atom stereocenters. The maximum Gasteiger partial charge on any atom is 0.215 e. The maximum atomic E-state index is 9.46. The highest BCUT2D eigenvalue weighted by atomic mass is 16.6. The maximum absolute atomic E-state index is 9.46. The summed E-state index contributed by atoms with van der Waals surface area (Å²) >= 11 is 0. The Kier molecular flexibility index (Phi) is 5.99. The Hall–Kier alpha value is -1.37. The second kappa shape index (κ2) is 7.76. The number of aryl methyl sites for hydroxylation is 1. The minimum absolute atomic E-state index is 0.450. The summed E-state index contributed by atoms with van der Waals surface area (Å²) < 4.78 is 16.3. The Morgan fingerprint density at radius 1 is 1.27 bits per heavy atom. The number of hydrogen-bond donors (Lipinski definition) is 1. The van der Waals surface area contributed by atoms with Crippen molar-refractivity contribution in [3.63, 3.8) is 0 Å². The van der Waals surface area contributed by atoms with Gasteiger partial charge in [-0.25, -0.2) is 0 Å². The number of aliphatic hydroxyl groups is 1. The lowest BCUT2D eigenvalue weighted by atomic mass is 10.2. The summed E-state index contributed by atoms with van der Waals surface area (Å²) in [6.45, 7) is 9.41. The van der Waals surface area contributed by atoms with Crippen molar-refractivity contribution < 1.29 is 19.3 Å². The summed E-state index contributed by atoms with van der Waals surface area (Å²) in [6, 6.07) is 4.00. The molecule has 0 spiro atoms. The monoisotopic (exact) mass is 310 g/mol. The van der Waals surface area contributed by atoms with Crippen LogP contribution in [0.15, 0.2) is 12.1 Å². The van der Waals surface area contributed by atoms with Crippen LogP contribution in [-0.2, 0) is 9.47 Å².